The molecule has 0 aliphatic carbocycles. The van der Waals surface area contributed by atoms with Gasteiger partial charge < -0.3 is 43.4 Å². The van der Waals surface area contributed by atoms with E-state index in [0.717, 1.165) is 0 Å². The maximum absolute atomic E-state index is 12.5. The lowest BCUT2D eigenvalue weighted by molar-refractivity contribution is -0.143. The molecule has 0 spiro atoms. The average Bonchev–Trinajstić information content (AvgIpc) is 2.62. The van der Waals surface area contributed by atoms with Gasteiger partial charge in [0.1, 0.15) is 18.1 Å². The first-order valence-corrected chi connectivity index (χ1v) is 9.20. The third-order valence-corrected chi connectivity index (χ3v) is 3.97. The SMILES string of the molecule is NC(=O)CC(N)C(=O)NC(CC(N)=O)C(=O)NC(CC(=O)O)C(=O)NC(CS)C(=O)O. The van der Waals surface area contributed by atoms with Crippen molar-refractivity contribution in [3.8, 4) is 0 Å². The molecule has 0 saturated heterocycles. The van der Waals surface area contributed by atoms with E-state index in [4.69, 9.17) is 27.4 Å². The smallest absolute Gasteiger partial charge is 0.327 e. The minimum atomic E-state index is -1.77. The first kappa shape index (κ1) is 27.6. The number of hydrogen-bond donors (Lipinski definition) is 9. The fraction of sp³-hybridized carbons (Fsp3) is 0.533. The van der Waals surface area contributed by atoms with Crippen LogP contribution < -0.4 is 33.2 Å². The second-order valence-electron chi connectivity index (χ2n) is 6.25. The summed E-state index contributed by atoms with van der Waals surface area (Å²) >= 11 is 3.75. The highest BCUT2D eigenvalue weighted by molar-refractivity contribution is 7.80. The predicted molar refractivity (Wildman–Crippen MR) is 105 cm³/mol. The number of carboxylic acid groups (broad SMARTS) is 2. The van der Waals surface area contributed by atoms with Crippen molar-refractivity contribution >= 4 is 54.1 Å². The Hall–Kier alpha value is -3.40. The average molecular weight is 464 g/mol. The van der Waals surface area contributed by atoms with Crippen LogP contribution in [-0.2, 0) is 33.6 Å². The molecule has 0 aromatic carbocycles. The number of thiol groups is 1. The summed E-state index contributed by atoms with van der Waals surface area (Å²) in [4.78, 5) is 80.9. The Morgan fingerprint density at radius 2 is 1.13 bits per heavy atom. The van der Waals surface area contributed by atoms with E-state index in [1.807, 2.05) is 10.6 Å². The maximum atomic E-state index is 12.5. The molecule has 16 heteroatoms. The molecule has 0 saturated carbocycles. The van der Waals surface area contributed by atoms with E-state index in [0.29, 0.717) is 0 Å². The van der Waals surface area contributed by atoms with Crippen molar-refractivity contribution in [2.24, 2.45) is 17.2 Å². The second kappa shape index (κ2) is 13.0. The van der Waals surface area contributed by atoms with E-state index in [2.05, 4.69) is 17.9 Å². The van der Waals surface area contributed by atoms with Gasteiger partial charge in [-0.25, -0.2) is 4.79 Å². The highest BCUT2D eigenvalue weighted by Gasteiger charge is 2.32. The standard InChI is InChI=1S/C15H24N6O9S/c16-5(1-9(17)22)12(26)19-6(2-10(18)23)13(27)20-7(3-11(24)25)14(28)21-8(4-31)15(29)30/h5-8,31H,1-4,16H2,(H2,17,22)(H2,18,23)(H,19,26)(H,20,27)(H,21,28)(H,24,25)(H,29,30). The lowest BCUT2D eigenvalue weighted by atomic mass is 10.1. The summed E-state index contributed by atoms with van der Waals surface area (Å²) < 4.78 is 0. The molecule has 0 radical (unpaired) electrons. The Balaban J connectivity index is 5.47. The monoisotopic (exact) mass is 464 g/mol. The zero-order chi connectivity index (χ0) is 24.3. The van der Waals surface area contributed by atoms with Crippen LogP contribution in [0.1, 0.15) is 19.3 Å². The van der Waals surface area contributed by atoms with E-state index >= 15 is 0 Å². The molecular weight excluding hydrogens is 440 g/mol. The normalized spacial score (nSPS) is 14.3. The van der Waals surface area contributed by atoms with Crippen LogP contribution in [0.15, 0.2) is 0 Å². The predicted octanol–water partition coefficient (Wildman–Crippen LogP) is -4.99. The van der Waals surface area contributed by atoms with Gasteiger partial charge >= 0.3 is 11.9 Å². The van der Waals surface area contributed by atoms with E-state index < -0.39 is 84.9 Å². The minimum absolute atomic E-state index is 0.326. The summed E-state index contributed by atoms with van der Waals surface area (Å²) in [5.74, 6) is -8.63. The number of amides is 5. The van der Waals surface area contributed by atoms with Gasteiger partial charge in [0.15, 0.2) is 0 Å². The summed E-state index contributed by atoms with van der Waals surface area (Å²) in [6.07, 6.45) is -2.27. The zero-order valence-corrected chi connectivity index (χ0v) is 17.0. The fourth-order valence-electron chi connectivity index (χ4n) is 2.11. The molecule has 11 N–H and O–H groups in total. The van der Waals surface area contributed by atoms with E-state index in [1.165, 1.54) is 0 Å². The van der Waals surface area contributed by atoms with Crippen molar-refractivity contribution in [2.75, 3.05) is 5.75 Å². The van der Waals surface area contributed by atoms with Gasteiger partial charge in [-0.3, -0.25) is 28.8 Å². The maximum Gasteiger partial charge on any atom is 0.327 e. The molecule has 0 aromatic rings. The number of nitrogens with one attached hydrogen (secondary N) is 3. The van der Waals surface area contributed by atoms with E-state index in [-0.39, 0.29) is 5.75 Å². The summed E-state index contributed by atoms with van der Waals surface area (Å²) in [7, 11) is 0. The van der Waals surface area contributed by atoms with Gasteiger partial charge in [0, 0.05) is 5.75 Å². The van der Waals surface area contributed by atoms with Crippen molar-refractivity contribution in [3.63, 3.8) is 0 Å². The van der Waals surface area contributed by atoms with Gasteiger partial charge in [0.2, 0.25) is 29.5 Å². The molecular formula is C15H24N6O9S. The van der Waals surface area contributed by atoms with Crippen LogP contribution in [0.4, 0.5) is 0 Å². The number of nitrogens with two attached hydrogens (primary N) is 3. The second-order valence-corrected chi connectivity index (χ2v) is 6.61. The van der Waals surface area contributed by atoms with Crippen LogP contribution >= 0.6 is 12.6 Å². The first-order chi connectivity index (χ1) is 14.3. The summed E-state index contributed by atoms with van der Waals surface area (Å²) in [6.45, 7) is 0. The largest absolute Gasteiger partial charge is 0.481 e. The molecule has 15 nitrogen and oxygen atoms in total. The topological polar surface area (TPSA) is 274 Å². The number of carbonyl (C=O) groups is 7. The molecule has 0 aliphatic heterocycles. The highest BCUT2D eigenvalue weighted by Crippen LogP contribution is 2.01. The molecule has 4 atom stereocenters. The molecule has 0 aromatic heterocycles. The number of rotatable bonds is 14. The Morgan fingerprint density at radius 3 is 1.52 bits per heavy atom. The molecule has 0 fully saturated rings. The first-order valence-electron chi connectivity index (χ1n) is 8.57. The van der Waals surface area contributed by atoms with Gasteiger partial charge in [-0.1, -0.05) is 0 Å². The minimum Gasteiger partial charge on any atom is -0.481 e. The Labute approximate surface area is 180 Å². The Bertz CT molecular complexity index is 746. The molecule has 5 amide bonds. The van der Waals surface area contributed by atoms with E-state index in [1.54, 1.807) is 0 Å². The molecule has 0 bridgehead atoms. The number of carbonyl (C=O) groups excluding carboxylic acids is 5. The lowest BCUT2D eigenvalue weighted by Crippen LogP contribution is -2.58. The Morgan fingerprint density at radius 1 is 0.710 bits per heavy atom. The highest BCUT2D eigenvalue weighted by atomic mass is 32.1. The molecule has 174 valence electrons. The van der Waals surface area contributed by atoms with Crippen LogP contribution in [0.5, 0.6) is 0 Å². The van der Waals surface area contributed by atoms with Crippen LogP contribution in [0.25, 0.3) is 0 Å². The van der Waals surface area contributed by atoms with Gasteiger partial charge in [0.05, 0.1) is 25.3 Å². The van der Waals surface area contributed by atoms with E-state index in [9.17, 15) is 33.6 Å². The van der Waals surface area contributed by atoms with Crippen molar-refractivity contribution in [1.29, 1.82) is 0 Å². The Kier molecular flexibility index (Phi) is 11.6. The van der Waals surface area contributed by atoms with Gasteiger partial charge in [-0.2, -0.15) is 12.6 Å². The quantitative estimate of drug-likeness (QED) is 0.110. The number of carboxylic acids is 2. The molecule has 31 heavy (non-hydrogen) atoms. The molecule has 4 unspecified atom stereocenters. The van der Waals surface area contributed by atoms with Crippen LogP contribution in [0, 0.1) is 0 Å². The number of hydrogen-bond acceptors (Lipinski definition) is 9. The summed E-state index contributed by atoms with van der Waals surface area (Å²) in [5.41, 5.74) is 15.4. The number of primary amides is 2. The van der Waals surface area contributed by atoms with Gasteiger partial charge in [0.25, 0.3) is 0 Å². The van der Waals surface area contributed by atoms with Crippen molar-refractivity contribution in [3.05, 3.63) is 0 Å². The third-order valence-electron chi connectivity index (χ3n) is 3.61. The molecule has 0 rings (SSSR count). The van der Waals surface area contributed by atoms with Crippen LogP contribution in [0.2, 0.25) is 0 Å². The fourth-order valence-corrected chi connectivity index (χ4v) is 2.36. The molecule has 0 heterocycles. The molecule has 0 aliphatic rings. The zero-order valence-electron chi connectivity index (χ0n) is 16.1. The van der Waals surface area contributed by atoms with Crippen LogP contribution in [-0.4, -0.2) is 81.6 Å². The van der Waals surface area contributed by atoms with Crippen LogP contribution in [0.3, 0.4) is 0 Å². The number of aliphatic carboxylic acids is 2. The van der Waals surface area contributed by atoms with Gasteiger partial charge in [-0.05, 0) is 0 Å². The summed E-state index contributed by atoms with van der Waals surface area (Å²) in [5, 5.41) is 24.0. The van der Waals surface area contributed by atoms with Crippen molar-refractivity contribution in [2.45, 2.75) is 43.4 Å². The van der Waals surface area contributed by atoms with Crippen molar-refractivity contribution in [1.82, 2.24) is 16.0 Å². The van der Waals surface area contributed by atoms with Gasteiger partial charge in [-0.15, -0.1) is 0 Å². The lowest BCUT2D eigenvalue weighted by Gasteiger charge is -2.23. The third kappa shape index (κ3) is 10.8. The van der Waals surface area contributed by atoms with Crippen molar-refractivity contribution < 1.29 is 43.8 Å². The summed E-state index contributed by atoms with van der Waals surface area (Å²) in [6, 6.07) is -6.37.